The maximum absolute atomic E-state index is 5.85. The highest BCUT2D eigenvalue weighted by Crippen LogP contribution is 2.21. The molecule has 0 spiro atoms. The third-order valence-corrected chi connectivity index (χ3v) is 3.44. The number of halogens is 1. The number of hydrogen-bond acceptors (Lipinski definition) is 5. The molecule has 0 fully saturated rings. The molecule has 0 bridgehead atoms. The van der Waals surface area contributed by atoms with E-state index in [1.807, 2.05) is 12.1 Å². The van der Waals surface area contributed by atoms with Gasteiger partial charge in [0.2, 0.25) is 5.95 Å². The van der Waals surface area contributed by atoms with E-state index in [0.29, 0.717) is 11.7 Å². The van der Waals surface area contributed by atoms with Crippen molar-refractivity contribution >= 4 is 28.9 Å². The molecule has 2 rings (SSSR count). The number of aromatic nitrogens is 2. The monoisotopic (exact) mass is 269 g/mol. The summed E-state index contributed by atoms with van der Waals surface area (Å²) in [4.78, 5) is 9.48. The molecule has 2 heterocycles. The predicted octanol–water partition coefficient (Wildman–Crippen LogP) is 2.85. The SMILES string of the molecule is COc1cnc(NCCc2ccc(Cl)s2)nc1. The van der Waals surface area contributed by atoms with E-state index in [1.165, 1.54) is 4.88 Å². The molecule has 1 N–H and O–H groups in total. The number of rotatable bonds is 5. The molecule has 17 heavy (non-hydrogen) atoms. The van der Waals surface area contributed by atoms with Crippen LogP contribution in [-0.2, 0) is 6.42 Å². The zero-order valence-electron chi connectivity index (χ0n) is 9.31. The van der Waals surface area contributed by atoms with E-state index in [1.54, 1.807) is 30.8 Å². The average Bonchev–Trinajstić information content (AvgIpc) is 2.76. The second-order valence-electron chi connectivity index (χ2n) is 3.33. The van der Waals surface area contributed by atoms with Crippen LogP contribution in [0.4, 0.5) is 5.95 Å². The van der Waals surface area contributed by atoms with Gasteiger partial charge in [0, 0.05) is 11.4 Å². The van der Waals surface area contributed by atoms with Crippen LogP contribution in [0.15, 0.2) is 24.5 Å². The highest BCUT2D eigenvalue weighted by molar-refractivity contribution is 7.16. The summed E-state index contributed by atoms with van der Waals surface area (Å²) < 4.78 is 5.80. The summed E-state index contributed by atoms with van der Waals surface area (Å²) in [7, 11) is 1.59. The number of nitrogens with zero attached hydrogens (tertiary/aromatic N) is 2. The Morgan fingerprint density at radius 1 is 1.35 bits per heavy atom. The molecule has 0 aliphatic carbocycles. The van der Waals surface area contributed by atoms with E-state index < -0.39 is 0 Å². The van der Waals surface area contributed by atoms with Gasteiger partial charge in [-0.1, -0.05) is 11.6 Å². The van der Waals surface area contributed by atoms with Crippen molar-refractivity contribution in [3.05, 3.63) is 33.7 Å². The first-order valence-corrected chi connectivity index (χ1v) is 6.31. The van der Waals surface area contributed by atoms with E-state index >= 15 is 0 Å². The van der Waals surface area contributed by atoms with Crippen molar-refractivity contribution in [2.75, 3.05) is 19.0 Å². The van der Waals surface area contributed by atoms with Crippen LogP contribution in [-0.4, -0.2) is 23.6 Å². The number of nitrogens with one attached hydrogen (secondary N) is 1. The molecule has 0 amide bonds. The van der Waals surface area contributed by atoms with Gasteiger partial charge < -0.3 is 10.1 Å². The van der Waals surface area contributed by atoms with Gasteiger partial charge >= 0.3 is 0 Å². The molecule has 0 aliphatic heterocycles. The topological polar surface area (TPSA) is 47.0 Å². The number of hydrogen-bond donors (Lipinski definition) is 1. The number of anilines is 1. The van der Waals surface area contributed by atoms with Gasteiger partial charge in [-0.25, -0.2) is 9.97 Å². The van der Waals surface area contributed by atoms with Crippen LogP contribution in [0.3, 0.4) is 0 Å². The lowest BCUT2D eigenvalue weighted by Crippen LogP contribution is -2.07. The third-order valence-electron chi connectivity index (χ3n) is 2.15. The Bertz CT molecular complexity index is 472. The molecule has 90 valence electrons. The summed E-state index contributed by atoms with van der Waals surface area (Å²) in [5.74, 6) is 1.26. The van der Waals surface area contributed by atoms with E-state index in [-0.39, 0.29) is 0 Å². The van der Waals surface area contributed by atoms with Gasteiger partial charge in [-0.3, -0.25) is 0 Å². The van der Waals surface area contributed by atoms with Crippen LogP contribution in [0.5, 0.6) is 5.75 Å². The largest absolute Gasteiger partial charge is 0.494 e. The first-order valence-electron chi connectivity index (χ1n) is 5.12. The number of ether oxygens (including phenoxy) is 1. The van der Waals surface area contributed by atoms with E-state index in [9.17, 15) is 0 Å². The Labute approximate surface area is 109 Å². The van der Waals surface area contributed by atoms with Gasteiger partial charge in [-0.05, 0) is 18.6 Å². The first-order chi connectivity index (χ1) is 8.28. The molecule has 0 radical (unpaired) electrons. The smallest absolute Gasteiger partial charge is 0.222 e. The Morgan fingerprint density at radius 2 is 2.12 bits per heavy atom. The van der Waals surface area contributed by atoms with Crippen molar-refractivity contribution in [2.45, 2.75) is 6.42 Å². The number of thiophene rings is 1. The van der Waals surface area contributed by atoms with Crippen molar-refractivity contribution < 1.29 is 4.74 Å². The summed E-state index contributed by atoms with van der Waals surface area (Å²) in [5, 5.41) is 3.14. The van der Waals surface area contributed by atoms with E-state index in [0.717, 1.165) is 17.3 Å². The van der Waals surface area contributed by atoms with Gasteiger partial charge in [0.15, 0.2) is 5.75 Å². The van der Waals surface area contributed by atoms with Gasteiger partial charge in [0.05, 0.1) is 23.8 Å². The summed E-state index contributed by atoms with van der Waals surface area (Å²) >= 11 is 7.44. The molecule has 2 aromatic rings. The fraction of sp³-hybridized carbons (Fsp3) is 0.273. The molecule has 0 aromatic carbocycles. The highest BCUT2D eigenvalue weighted by atomic mass is 35.5. The third kappa shape index (κ3) is 3.57. The van der Waals surface area contributed by atoms with Crippen LogP contribution < -0.4 is 10.1 Å². The fourth-order valence-electron chi connectivity index (χ4n) is 1.30. The second kappa shape index (κ2) is 5.84. The van der Waals surface area contributed by atoms with Gasteiger partial charge in [0.25, 0.3) is 0 Å². The maximum atomic E-state index is 5.85. The van der Waals surface area contributed by atoms with Gasteiger partial charge in [0.1, 0.15) is 0 Å². The minimum Gasteiger partial charge on any atom is -0.494 e. The molecular weight excluding hydrogens is 258 g/mol. The Balaban J connectivity index is 1.81. The Hall–Kier alpha value is -1.33. The van der Waals surface area contributed by atoms with E-state index in [2.05, 4.69) is 15.3 Å². The molecule has 0 atom stereocenters. The quantitative estimate of drug-likeness (QED) is 0.907. The molecule has 0 unspecified atom stereocenters. The van der Waals surface area contributed by atoms with Gasteiger partial charge in [-0.2, -0.15) is 0 Å². The van der Waals surface area contributed by atoms with Crippen molar-refractivity contribution in [1.29, 1.82) is 0 Å². The summed E-state index contributed by atoms with van der Waals surface area (Å²) in [6.07, 6.45) is 4.18. The van der Waals surface area contributed by atoms with Crippen LogP contribution in [0.25, 0.3) is 0 Å². The Kier molecular flexibility index (Phi) is 4.17. The Morgan fingerprint density at radius 3 is 2.71 bits per heavy atom. The molecule has 0 saturated heterocycles. The molecule has 2 aromatic heterocycles. The lowest BCUT2D eigenvalue weighted by atomic mass is 10.3. The highest BCUT2D eigenvalue weighted by Gasteiger charge is 1.99. The standard InChI is InChI=1S/C11H12ClN3OS/c1-16-8-6-14-11(15-7-8)13-5-4-9-2-3-10(12)17-9/h2-3,6-7H,4-5H2,1H3,(H,13,14,15). The minimum absolute atomic E-state index is 0.605. The molecule has 0 aliphatic rings. The van der Waals surface area contributed by atoms with Crippen molar-refractivity contribution in [1.82, 2.24) is 9.97 Å². The van der Waals surface area contributed by atoms with Crippen LogP contribution >= 0.6 is 22.9 Å². The normalized spacial score (nSPS) is 10.2. The zero-order chi connectivity index (χ0) is 12.1. The maximum Gasteiger partial charge on any atom is 0.222 e. The van der Waals surface area contributed by atoms with Crippen molar-refractivity contribution in [2.24, 2.45) is 0 Å². The van der Waals surface area contributed by atoms with Crippen LogP contribution in [0, 0.1) is 0 Å². The van der Waals surface area contributed by atoms with Crippen LogP contribution in [0.2, 0.25) is 4.34 Å². The lowest BCUT2D eigenvalue weighted by molar-refractivity contribution is 0.411. The minimum atomic E-state index is 0.605. The molecular formula is C11H12ClN3OS. The van der Waals surface area contributed by atoms with Gasteiger partial charge in [-0.15, -0.1) is 11.3 Å². The summed E-state index contributed by atoms with van der Waals surface area (Å²) in [5.41, 5.74) is 0. The number of methoxy groups -OCH3 is 1. The van der Waals surface area contributed by atoms with E-state index in [4.69, 9.17) is 16.3 Å². The van der Waals surface area contributed by atoms with Crippen molar-refractivity contribution in [3.8, 4) is 5.75 Å². The average molecular weight is 270 g/mol. The fourth-order valence-corrected chi connectivity index (χ4v) is 2.38. The van der Waals surface area contributed by atoms with Crippen molar-refractivity contribution in [3.63, 3.8) is 0 Å². The second-order valence-corrected chi connectivity index (χ2v) is 5.13. The lowest BCUT2D eigenvalue weighted by Gasteiger charge is -2.04. The summed E-state index contributed by atoms with van der Waals surface area (Å²) in [6, 6.07) is 3.94. The molecule has 6 heteroatoms. The molecule has 4 nitrogen and oxygen atoms in total. The predicted molar refractivity (Wildman–Crippen MR) is 70.1 cm³/mol. The van der Waals surface area contributed by atoms with Crippen LogP contribution in [0.1, 0.15) is 4.88 Å². The zero-order valence-corrected chi connectivity index (χ0v) is 10.9. The first kappa shape index (κ1) is 12.1. The molecule has 0 saturated carbocycles. The summed E-state index contributed by atoms with van der Waals surface area (Å²) in [6.45, 7) is 0.781.